The maximum atomic E-state index is 9.69. The van der Waals surface area contributed by atoms with E-state index < -0.39 is 0 Å². The van der Waals surface area contributed by atoms with Crippen molar-refractivity contribution in [2.75, 3.05) is 27.9 Å². The molecule has 0 aliphatic heterocycles. The van der Waals surface area contributed by atoms with Crippen molar-refractivity contribution in [1.29, 1.82) is 0 Å². The molecule has 0 radical (unpaired) electrons. The van der Waals surface area contributed by atoms with Crippen molar-refractivity contribution in [3.05, 3.63) is 17.7 Å². The zero-order valence-corrected chi connectivity index (χ0v) is 12.9. The zero-order chi connectivity index (χ0) is 15.1. The van der Waals surface area contributed by atoms with Gasteiger partial charge >= 0.3 is 0 Å². The highest BCUT2D eigenvalue weighted by atomic mass is 16.5. The molecule has 5 nitrogen and oxygen atoms in total. The molecule has 1 aromatic rings. The molecule has 0 aliphatic rings. The van der Waals surface area contributed by atoms with Gasteiger partial charge in [0.1, 0.15) is 17.2 Å². The minimum atomic E-state index is -0.249. The smallest absolute Gasteiger partial charge is 0.131 e. The molecule has 5 heteroatoms. The van der Waals surface area contributed by atoms with Crippen LogP contribution < -0.4 is 19.5 Å². The molecule has 0 spiro atoms. The van der Waals surface area contributed by atoms with Crippen molar-refractivity contribution < 1.29 is 19.3 Å². The second-order valence-electron chi connectivity index (χ2n) is 4.66. The number of aliphatic hydroxyl groups excluding tert-OH is 1. The molecule has 114 valence electrons. The van der Waals surface area contributed by atoms with E-state index in [0.717, 1.165) is 12.0 Å². The summed E-state index contributed by atoms with van der Waals surface area (Å²) < 4.78 is 16.1. The molecule has 2 N–H and O–H groups in total. The summed E-state index contributed by atoms with van der Waals surface area (Å²) in [6.07, 6.45) is 0.970. The Hall–Kier alpha value is -1.46. The van der Waals surface area contributed by atoms with Gasteiger partial charge in [0.25, 0.3) is 0 Å². The highest BCUT2D eigenvalue weighted by molar-refractivity contribution is 5.52. The summed E-state index contributed by atoms with van der Waals surface area (Å²) in [6.45, 7) is 4.13. The predicted molar refractivity (Wildman–Crippen MR) is 78.8 cm³/mol. The maximum Gasteiger partial charge on any atom is 0.131 e. The van der Waals surface area contributed by atoms with Gasteiger partial charge in [0.2, 0.25) is 0 Å². The molecule has 2 unspecified atom stereocenters. The molecule has 20 heavy (non-hydrogen) atoms. The van der Waals surface area contributed by atoms with E-state index in [9.17, 15) is 5.11 Å². The van der Waals surface area contributed by atoms with Crippen molar-refractivity contribution in [3.63, 3.8) is 0 Å². The van der Waals surface area contributed by atoms with Gasteiger partial charge in [-0.3, -0.25) is 0 Å². The average Bonchev–Trinajstić information content (AvgIpc) is 2.50. The number of hydrogen-bond acceptors (Lipinski definition) is 5. The summed E-state index contributed by atoms with van der Waals surface area (Å²) in [6, 6.07) is 3.61. The highest BCUT2D eigenvalue weighted by Crippen LogP contribution is 2.38. The number of rotatable bonds is 8. The minimum Gasteiger partial charge on any atom is -0.496 e. The fourth-order valence-corrected chi connectivity index (χ4v) is 2.06. The quantitative estimate of drug-likeness (QED) is 0.765. The van der Waals surface area contributed by atoms with E-state index in [1.165, 1.54) is 0 Å². The number of hydrogen-bond donors (Lipinski definition) is 2. The normalized spacial score (nSPS) is 13.7. The van der Waals surface area contributed by atoms with Crippen molar-refractivity contribution in [1.82, 2.24) is 5.32 Å². The molecule has 2 atom stereocenters. The van der Waals surface area contributed by atoms with Crippen molar-refractivity contribution >= 4 is 0 Å². The van der Waals surface area contributed by atoms with Crippen LogP contribution in [-0.4, -0.2) is 39.1 Å². The second-order valence-corrected chi connectivity index (χ2v) is 4.66. The number of methoxy groups -OCH3 is 3. The Morgan fingerprint density at radius 1 is 1.10 bits per heavy atom. The lowest BCUT2D eigenvalue weighted by Gasteiger charge is -2.25. The van der Waals surface area contributed by atoms with Gasteiger partial charge < -0.3 is 24.6 Å². The third-order valence-electron chi connectivity index (χ3n) is 3.38. The summed E-state index contributed by atoms with van der Waals surface area (Å²) in [5.41, 5.74) is 0.804. The van der Waals surface area contributed by atoms with Crippen LogP contribution in [0.15, 0.2) is 12.1 Å². The molecule has 0 amide bonds. The van der Waals surface area contributed by atoms with Crippen LogP contribution in [0.3, 0.4) is 0 Å². The van der Waals surface area contributed by atoms with Gasteiger partial charge in [-0.15, -0.1) is 0 Å². The van der Waals surface area contributed by atoms with Gasteiger partial charge in [-0.25, -0.2) is 0 Å². The first-order valence-corrected chi connectivity index (χ1v) is 6.78. The number of benzene rings is 1. The van der Waals surface area contributed by atoms with Crippen LogP contribution in [0.25, 0.3) is 0 Å². The Bertz CT molecular complexity index is 397. The number of ether oxygens (including phenoxy) is 3. The third kappa shape index (κ3) is 3.77. The number of aliphatic hydroxyl groups is 1. The summed E-state index contributed by atoms with van der Waals surface area (Å²) in [5.74, 6) is 1.93. The highest BCUT2D eigenvalue weighted by Gasteiger charge is 2.23. The van der Waals surface area contributed by atoms with Gasteiger partial charge in [-0.2, -0.15) is 0 Å². The lowest BCUT2D eigenvalue weighted by atomic mass is 10.0. The zero-order valence-electron chi connectivity index (χ0n) is 12.9. The first-order valence-electron chi connectivity index (χ1n) is 6.78. The van der Waals surface area contributed by atoms with Crippen LogP contribution in [0, 0.1) is 0 Å². The molecule has 0 heterocycles. The van der Waals surface area contributed by atoms with E-state index in [-0.39, 0.29) is 18.7 Å². The largest absolute Gasteiger partial charge is 0.496 e. The molecule has 0 fully saturated rings. The first-order chi connectivity index (χ1) is 9.60. The van der Waals surface area contributed by atoms with Crippen molar-refractivity contribution in [2.24, 2.45) is 0 Å². The fourth-order valence-electron chi connectivity index (χ4n) is 2.06. The molecule has 1 rings (SSSR count). The number of nitrogens with one attached hydrogen (secondary N) is 1. The summed E-state index contributed by atoms with van der Waals surface area (Å²) >= 11 is 0. The van der Waals surface area contributed by atoms with Crippen LogP contribution >= 0.6 is 0 Å². The van der Waals surface area contributed by atoms with E-state index >= 15 is 0 Å². The van der Waals surface area contributed by atoms with E-state index in [2.05, 4.69) is 19.2 Å². The average molecular weight is 283 g/mol. The lowest BCUT2D eigenvalue weighted by molar-refractivity contribution is 0.226. The van der Waals surface area contributed by atoms with Crippen molar-refractivity contribution in [2.45, 2.75) is 32.4 Å². The molecule has 0 aromatic heterocycles. The van der Waals surface area contributed by atoms with Crippen molar-refractivity contribution in [3.8, 4) is 17.2 Å². The maximum absolute atomic E-state index is 9.69. The fraction of sp³-hybridized carbons (Fsp3) is 0.600. The lowest BCUT2D eigenvalue weighted by Crippen LogP contribution is -2.32. The van der Waals surface area contributed by atoms with E-state index in [1.807, 2.05) is 0 Å². The monoisotopic (exact) mass is 283 g/mol. The molecule has 1 aromatic carbocycles. The third-order valence-corrected chi connectivity index (χ3v) is 3.38. The summed E-state index contributed by atoms with van der Waals surface area (Å²) in [4.78, 5) is 0. The Balaban J connectivity index is 3.24. The Labute approximate surface area is 120 Å². The molecule has 0 saturated heterocycles. The van der Waals surface area contributed by atoms with E-state index in [4.69, 9.17) is 14.2 Å². The van der Waals surface area contributed by atoms with E-state index in [1.54, 1.807) is 33.5 Å². The van der Waals surface area contributed by atoms with Crippen LogP contribution in [0.5, 0.6) is 17.2 Å². The molecule has 0 aliphatic carbocycles. The van der Waals surface area contributed by atoms with Crippen LogP contribution in [0.2, 0.25) is 0 Å². The molecule has 0 bridgehead atoms. The molecule has 0 saturated carbocycles. The molecular formula is C15H25NO4. The topological polar surface area (TPSA) is 60.0 Å². The minimum absolute atomic E-state index is 0.0383. The Kier molecular flexibility index (Phi) is 6.61. The van der Waals surface area contributed by atoms with Gasteiger partial charge in [0.05, 0.1) is 39.5 Å². The van der Waals surface area contributed by atoms with Gasteiger partial charge in [-0.1, -0.05) is 6.92 Å². The van der Waals surface area contributed by atoms with Gasteiger partial charge in [0, 0.05) is 18.2 Å². The van der Waals surface area contributed by atoms with Crippen LogP contribution in [-0.2, 0) is 0 Å². The standard InChI is InChI=1S/C15H25NO4/c1-6-10(2)16-12(9-17)15-13(19-4)7-11(18-3)8-14(15)20-5/h7-8,10,12,16-17H,6,9H2,1-5H3. The van der Waals surface area contributed by atoms with Crippen LogP contribution in [0.1, 0.15) is 31.9 Å². The summed E-state index contributed by atoms with van der Waals surface area (Å²) in [7, 11) is 4.78. The van der Waals surface area contributed by atoms with Gasteiger partial charge in [-0.05, 0) is 13.3 Å². The first kappa shape index (κ1) is 16.6. The van der Waals surface area contributed by atoms with Gasteiger partial charge in [0.15, 0.2) is 0 Å². The Morgan fingerprint density at radius 2 is 1.65 bits per heavy atom. The predicted octanol–water partition coefficient (Wildman–Crippen LogP) is 2.13. The second kappa shape index (κ2) is 7.97. The SMILES string of the molecule is CCC(C)NC(CO)c1c(OC)cc(OC)cc1OC. The van der Waals surface area contributed by atoms with Crippen LogP contribution in [0.4, 0.5) is 0 Å². The summed E-state index contributed by atoms with van der Waals surface area (Å²) in [5, 5.41) is 13.1. The van der Waals surface area contributed by atoms with E-state index in [0.29, 0.717) is 17.2 Å². The molecular weight excluding hydrogens is 258 g/mol. The Morgan fingerprint density at radius 3 is 2.00 bits per heavy atom.